The molecule has 5 heteroatoms. The lowest BCUT2D eigenvalue weighted by molar-refractivity contribution is 0.0725. The summed E-state index contributed by atoms with van der Waals surface area (Å²) in [5.41, 5.74) is 0.603. The van der Waals surface area contributed by atoms with Crippen molar-refractivity contribution in [2.75, 3.05) is 6.54 Å². The van der Waals surface area contributed by atoms with Crippen molar-refractivity contribution in [2.24, 2.45) is 0 Å². The second-order valence-electron chi connectivity index (χ2n) is 4.74. The van der Waals surface area contributed by atoms with Gasteiger partial charge in [0.2, 0.25) is 0 Å². The van der Waals surface area contributed by atoms with Crippen LogP contribution in [0.25, 0.3) is 11.0 Å². The number of rotatable bonds is 4. The van der Waals surface area contributed by atoms with Crippen molar-refractivity contribution < 1.29 is 13.6 Å². The number of nitrogens with zero attached hydrogens (tertiary/aromatic N) is 1. The van der Waals surface area contributed by atoms with Crippen LogP contribution in [-0.2, 0) is 6.54 Å². The predicted octanol–water partition coefficient (Wildman–Crippen LogP) is 3.95. The van der Waals surface area contributed by atoms with Gasteiger partial charge in [-0.05, 0) is 36.4 Å². The highest BCUT2D eigenvalue weighted by atomic mass is 35.5. The van der Waals surface area contributed by atoms with E-state index in [1.165, 1.54) is 4.90 Å². The molecule has 2 heterocycles. The van der Waals surface area contributed by atoms with Gasteiger partial charge in [0.05, 0.1) is 19.4 Å². The van der Waals surface area contributed by atoms with Gasteiger partial charge in [-0.15, -0.1) is 6.42 Å². The van der Waals surface area contributed by atoms with Crippen LogP contribution in [0.2, 0.25) is 5.02 Å². The first-order valence-corrected chi connectivity index (χ1v) is 6.99. The summed E-state index contributed by atoms with van der Waals surface area (Å²) in [6.45, 7) is 0.450. The van der Waals surface area contributed by atoms with Crippen LogP contribution in [0, 0.1) is 12.3 Å². The molecule has 0 N–H and O–H groups in total. The summed E-state index contributed by atoms with van der Waals surface area (Å²) in [5.74, 6) is 3.06. The molecule has 3 aromatic rings. The van der Waals surface area contributed by atoms with E-state index in [4.69, 9.17) is 26.9 Å². The first-order valence-electron chi connectivity index (χ1n) is 6.61. The summed E-state index contributed by atoms with van der Waals surface area (Å²) in [6.07, 6.45) is 6.90. The number of benzene rings is 1. The van der Waals surface area contributed by atoms with E-state index in [0.717, 1.165) is 5.39 Å². The maximum Gasteiger partial charge on any atom is 0.290 e. The van der Waals surface area contributed by atoms with Gasteiger partial charge in [-0.25, -0.2) is 0 Å². The monoisotopic (exact) mass is 313 g/mol. The van der Waals surface area contributed by atoms with Gasteiger partial charge in [0.25, 0.3) is 5.91 Å². The van der Waals surface area contributed by atoms with Gasteiger partial charge in [-0.1, -0.05) is 17.5 Å². The number of hydrogen-bond acceptors (Lipinski definition) is 3. The fraction of sp³-hybridized carbons (Fsp3) is 0.118. The molecule has 22 heavy (non-hydrogen) atoms. The number of carbonyl (C=O) groups is 1. The smallest absolute Gasteiger partial charge is 0.290 e. The molecular weight excluding hydrogens is 302 g/mol. The van der Waals surface area contributed by atoms with Crippen molar-refractivity contribution >= 4 is 28.5 Å². The molecule has 0 bridgehead atoms. The number of amides is 1. The third-order valence-electron chi connectivity index (χ3n) is 3.19. The quantitative estimate of drug-likeness (QED) is 0.685. The van der Waals surface area contributed by atoms with Crippen molar-refractivity contribution in [1.29, 1.82) is 0 Å². The molecule has 4 nitrogen and oxygen atoms in total. The van der Waals surface area contributed by atoms with E-state index in [1.807, 2.05) is 0 Å². The van der Waals surface area contributed by atoms with E-state index >= 15 is 0 Å². The minimum absolute atomic E-state index is 0.164. The summed E-state index contributed by atoms with van der Waals surface area (Å²) < 4.78 is 10.8. The van der Waals surface area contributed by atoms with Gasteiger partial charge in [-0.2, -0.15) is 0 Å². The molecule has 0 radical (unpaired) electrons. The summed E-state index contributed by atoms with van der Waals surface area (Å²) >= 11 is 5.94. The number of fused-ring (bicyclic) bond motifs is 1. The number of halogens is 1. The molecule has 3 rings (SSSR count). The number of furan rings is 2. The first kappa shape index (κ1) is 14.3. The third-order valence-corrected chi connectivity index (χ3v) is 3.42. The average Bonchev–Trinajstić information content (AvgIpc) is 3.14. The Hall–Kier alpha value is -2.64. The van der Waals surface area contributed by atoms with E-state index in [2.05, 4.69) is 5.92 Å². The number of terminal acetylenes is 1. The Balaban J connectivity index is 1.89. The van der Waals surface area contributed by atoms with Crippen molar-refractivity contribution in [1.82, 2.24) is 4.90 Å². The fourth-order valence-corrected chi connectivity index (χ4v) is 2.36. The average molecular weight is 314 g/mol. The second-order valence-corrected chi connectivity index (χ2v) is 5.17. The first-order chi connectivity index (χ1) is 10.7. The van der Waals surface area contributed by atoms with Crippen molar-refractivity contribution in [3.05, 3.63) is 59.2 Å². The Morgan fingerprint density at radius 2 is 2.18 bits per heavy atom. The third kappa shape index (κ3) is 2.85. The Morgan fingerprint density at radius 3 is 2.91 bits per heavy atom. The minimum Gasteiger partial charge on any atom is -0.467 e. The highest BCUT2D eigenvalue weighted by Crippen LogP contribution is 2.24. The van der Waals surface area contributed by atoms with Crippen LogP contribution in [0.3, 0.4) is 0 Å². The molecule has 0 fully saturated rings. The Bertz CT molecular complexity index is 843. The molecule has 2 aromatic heterocycles. The van der Waals surface area contributed by atoms with E-state index in [-0.39, 0.29) is 24.8 Å². The highest BCUT2D eigenvalue weighted by Gasteiger charge is 2.20. The van der Waals surface area contributed by atoms with Crippen LogP contribution in [0.1, 0.15) is 16.3 Å². The number of hydrogen-bond donors (Lipinski definition) is 0. The van der Waals surface area contributed by atoms with Crippen LogP contribution in [0.5, 0.6) is 0 Å². The lowest BCUT2D eigenvalue weighted by atomic mass is 10.2. The molecule has 0 saturated heterocycles. The van der Waals surface area contributed by atoms with Crippen molar-refractivity contribution in [3.63, 3.8) is 0 Å². The van der Waals surface area contributed by atoms with Gasteiger partial charge in [0, 0.05) is 10.4 Å². The zero-order chi connectivity index (χ0) is 15.5. The van der Waals surface area contributed by atoms with Crippen molar-refractivity contribution in [3.8, 4) is 12.3 Å². The summed E-state index contributed by atoms with van der Waals surface area (Å²) in [7, 11) is 0. The zero-order valence-electron chi connectivity index (χ0n) is 11.6. The molecule has 0 aliphatic carbocycles. The van der Waals surface area contributed by atoms with Gasteiger partial charge in [-0.3, -0.25) is 4.79 Å². The minimum atomic E-state index is -0.290. The summed E-state index contributed by atoms with van der Waals surface area (Å²) in [6, 6.07) is 10.4. The van der Waals surface area contributed by atoms with E-state index in [0.29, 0.717) is 16.4 Å². The molecule has 1 aromatic carbocycles. The van der Waals surface area contributed by atoms with Crippen LogP contribution in [-0.4, -0.2) is 17.4 Å². The predicted molar refractivity (Wildman–Crippen MR) is 83.5 cm³/mol. The lowest BCUT2D eigenvalue weighted by Crippen LogP contribution is -2.30. The second kappa shape index (κ2) is 6.00. The van der Waals surface area contributed by atoms with Crippen molar-refractivity contribution in [2.45, 2.75) is 6.54 Å². The Kier molecular flexibility index (Phi) is 3.90. The van der Waals surface area contributed by atoms with Crippen LogP contribution >= 0.6 is 11.6 Å². The summed E-state index contributed by atoms with van der Waals surface area (Å²) in [5, 5.41) is 1.36. The van der Waals surface area contributed by atoms with Gasteiger partial charge in [0.1, 0.15) is 11.3 Å². The molecule has 0 saturated carbocycles. The Labute approximate surface area is 132 Å². The van der Waals surface area contributed by atoms with E-state index in [1.54, 1.807) is 42.7 Å². The summed E-state index contributed by atoms with van der Waals surface area (Å²) in [4.78, 5) is 14.1. The zero-order valence-corrected chi connectivity index (χ0v) is 12.3. The largest absolute Gasteiger partial charge is 0.467 e. The topological polar surface area (TPSA) is 46.6 Å². The molecule has 0 atom stereocenters. The maximum atomic E-state index is 12.6. The molecule has 1 amide bonds. The molecule has 0 spiro atoms. The lowest BCUT2D eigenvalue weighted by Gasteiger charge is -2.17. The molecule has 0 unspecified atom stereocenters. The molecular formula is C17H12ClNO3. The normalized spacial score (nSPS) is 10.5. The molecule has 0 aliphatic heterocycles. The van der Waals surface area contributed by atoms with Gasteiger partial charge < -0.3 is 13.7 Å². The van der Waals surface area contributed by atoms with Crippen LogP contribution in [0.4, 0.5) is 0 Å². The molecule has 0 aliphatic rings. The van der Waals surface area contributed by atoms with Crippen LogP contribution in [0.15, 0.2) is 51.5 Å². The Morgan fingerprint density at radius 1 is 1.32 bits per heavy atom. The van der Waals surface area contributed by atoms with E-state index < -0.39 is 0 Å². The SMILES string of the molecule is C#CCN(Cc1ccco1)C(=O)c1cc2cc(Cl)ccc2o1. The highest BCUT2D eigenvalue weighted by molar-refractivity contribution is 6.31. The fourth-order valence-electron chi connectivity index (χ4n) is 2.18. The van der Waals surface area contributed by atoms with Crippen LogP contribution < -0.4 is 0 Å². The molecule has 110 valence electrons. The number of carbonyl (C=O) groups excluding carboxylic acids is 1. The van der Waals surface area contributed by atoms with Gasteiger partial charge in [0.15, 0.2) is 5.76 Å². The van der Waals surface area contributed by atoms with Gasteiger partial charge >= 0.3 is 0 Å². The van der Waals surface area contributed by atoms with E-state index in [9.17, 15) is 4.79 Å². The standard InChI is InChI=1S/C17H12ClNO3/c1-2-7-19(11-14-4-3-8-21-14)17(20)16-10-12-9-13(18)5-6-15(12)22-16/h1,3-6,8-10H,7,11H2. The maximum absolute atomic E-state index is 12.6.